The summed E-state index contributed by atoms with van der Waals surface area (Å²) in [5.74, 6) is 0.914. The van der Waals surface area contributed by atoms with Crippen LogP contribution in [0.4, 0.5) is 0 Å². The summed E-state index contributed by atoms with van der Waals surface area (Å²) in [6, 6.07) is 0. The van der Waals surface area contributed by atoms with Crippen LogP contribution in [0.2, 0.25) is 0 Å². The Morgan fingerprint density at radius 3 is 1.27 bits per heavy atom. The van der Waals surface area contributed by atoms with Crippen LogP contribution in [0.1, 0.15) is 151 Å². The van der Waals surface area contributed by atoms with E-state index >= 15 is 0 Å². The van der Waals surface area contributed by atoms with Crippen LogP contribution in [0.5, 0.6) is 0 Å². The van der Waals surface area contributed by atoms with Crippen molar-refractivity contribution in [2.45, 2.75) is 163 Å². The third-order valence-corrected chi connectivity index (χ3v) is 6.31. The molecule has 0 aliphatic carbocycles. The van der Waals surface area contributed by atoms with Crippen molar-refractivity contribution in [3.63, 3.8) is 0 Å². The number of hydrogen-bond donors (Lipinski definition) is 0. The normalized spacial score (nSPS) is 12.5. The second-order valence-corrected chi connectivity index (χ2v) is 10.8. The van der Waals surface area contributed by atoms with Crippen LogP contribution in [-0.4, -0.2) is 24.1 Å². The highest BCUT2D eigenvalue weighted by Crippen LogP contribution is 2.24. The molecule has 4 heteroatoms. The first-order valence-electron chi connectivity index (χ1n) is 14.1. The lowest BCUT2D eigenvalue weighted by Gasteiger charge is -2.20. The maximum atomic E-state index is 11.9. The fraction of sp³-hybridized carbons (Fsp3) is 0.931. The molecule has 4 nitrogen and oxygen atoms in total. The Bertz CT molecular complexity index is 470. The van der Waals surface area contributed by atoms with E-state index in [1.54, 1.807) is 0 Å². The molecule has 0 saturated carbocycles. The largest absolute Gasteiger partial charge is 0.463 e. The van der Waals surface area contributed by atoms with E-state index in [9.17, 15) is 9.59 Å². The molecule has 0 N–H and O–H groups in total. The van der Waals surface area contributed by atoms with Crippen LogP contribution in [0.3, 0.4) is 0 Å². The minimum absolute atomic E-state index is 0.00761. The third-order valence-electron chi connectivity index (χ3n) is 6.31. The van der Waals surface area contributed by atoms with E-state index in [-0.39, 0.29) is 24.1 Å². The molecular weight excluding hydrogens is 412 g/mol. The van der Waals surface area contributed by atoms with E-state index in [1.165, 1.54) is 77.0 Å². The van der Waals surface area contributed by atoms with Crippen molar-refractivity contribution in [3.8, 4) is 0 Å². The first-order valence-corrected chi connectivity index (χ1v) is 14.1. The Morgan fingerprint density at radius 1 is 0.515 bits per heavy atom. The van der Waals surface area contributed by atoms with E-state index in [0.717, 1.165) is 19.3 Å². The number of hydrogen-bond acceptors (Lipinski definition) is 4. The summed E-state index contributed by atoms with van der Waals surface area (Å²) in [5.41, 5.74) is 0. The second kappa shape index (κ2) is 21.5. The van der Waals surface area contributed by atoms with Gasteiger partial charge in [0.25, 0.3) is 0 Å². The average Bonchev–Trinajstić information content (AvgIpc) is 2.71. The first-order chi connectivity index (χ1) is 15.7. The Balaban J connectivity index is 3.43. The molecular formula is C29H56O4. The van der Waals surface area contributed by atoms with Crippen molar-refractivity contribution in [2.24, 2.45) is 11.8 Å². The monoisotopic (exact) mass is 468 g/mol. The molecule has 1 unspecified atom stereocenters. The molecule has 0 aromatic rings. The van der Waals surface area contributed by atoms with Gasteiger partial charge in [0.15, 0.2) is 0 Å². The van der Waals surface area contributed by atoms with Crippen LogP contribution < -0.4 is 0 Å². The van der Waals surface area contributed by atoms with Crippen molar-refractivity contribution in [3.05, 3.63) is 0 Å². The predicted molar refractivity (Wildman–Crippen MR) is 139 cm³/mol. The minimum atomic E-state index is -0.0477. The molecule has 0 rings (SSSR count). The Hall–Kier alpha value is -1.06. The minimum Gasteiger partial charge on any atom is -0.463 e. The second-order valence-electron chi connectivity index (χ2n) is 10.8. The van der Waals surface area contributed by atoms with Gasteiger partial charge in [-0.1, -0.05) is 97.3 Å². The molecule has 0 saturated heterocycles. The summed E-state index contributed by atoms with van der Waals surface area (Å²) in [7, 11) is 0. The lowest BCUT2D eigenvalue weighted by molar-refractivity contribution is -0.149. The van der Waals surface area contributed by atoms with Gasteiger partial charge < -0.3 is 9.47 Å². The SMILES string of the molecule is CC(C)OC(=O)CCCCCCCCCCCCCCCCC(CC(=O)OC(C)C)C(C)C. The topological polar surface area (TPSA) is 52.6 Å². The van der Waals surface area contributed by atoms with E-state index < -0.39 is 0 Å². The van der Waals surface area contributed by atoms with Gasteiger partial charge in [-0.25, -0.2) is 0 Å². The summed E-state index contributed by atoms with van der Waals surface area (Å²) < 4.78 is 10.5. The molecule has 0 bridgehead atoms. The van der Waals surface area contributed by atoms with Crippen molar-refractivity contribution in [1.29, 1.82) is 0 Å². The maximum Gasteiger partial charge on any atom is 0.306 e. The summed E-state index contributed by atoms with van der Waals surface area (Å²) in [4.78, 5) is 23.4. The fourth-order valence-corrected chi connectivity index (χ4v) is 4.32. The smallest absolute Gasteiger partial charge is 0.306 e. The molecule has 0 amide bonds. The zero-order valence-corrected chi connectivity index (χ0v) is 23.0. The molecule has 0 fully saturated rings. The van der Waals surface area contributed by atoms with E-state index in [2.05, 4.69) is 13.8 Å². The zero-order chi connectivity index (χ0) is 24.9. The number of carbonyl (C=O) groups excluding carboxylic acids is 2. The molecule has 0 aromatic carbocycles. The van der Waals surface area contributed by atoms with Crippen molar-refractivity contribution < 1.29 is 19.1 Å². The quantitative estimate of drug-likeness (QED) is 0.118. The van der Waals surface area contributed by atoms with Gasteiger partial charge in [0.1, 0.15) is 0 Å². The molecule has 0 aliphatic heterocycles. The maximum absolute atomic E-state index is 11.9. The summed E-state index contributed by atoms with van der Waals surface area (Å²) >= 11 is 0. The fourth-order valence-electron chi connectivity index (χ4n) is 4.32. The number of carbonyl (C=O) groups is 2. The number of ether oxygens (including phenoxy) is 2. The molecule has 33 heavy (non-hydrogen) atoms. The van der Waals surface area contributed by atoms with Crippen LogP contribution in [0, 0.1) is 11.8 Å². The van der Waals surface area contributed by atoms with Crippen LogP contribution in [-0.2, 0) is 19.1 Å². The Morgan fingerprint density at radius 2 is 0.879 bits per heavy atom. The highest BCUT2D eigenvalue weighted by Gasteiger charge is 2.18. The number of unbranched alkanes of at least 4 members (excludes halogenated alkanes) is 13. The van der Waals surface area contributed by atoms with Crippen LogP contribution in [0.15, 0.2) is 0 Å². The van der Waals surface area contributed by atoms with E-state index in [1.807, 2.05) is 27.7 Å². The van der Waals surface area contributed by atoms with Crippen molar-refractivity contribution in [1.82, 2.24) is 0 Å². The highest BCUT2D eigenvalue weighted by atomic mass is 16.5. The standard InChI is InChI=1S/C29H56O4/c1-24(2)27(23-29(31)33-26(5)6)21-19-17-15-13-11-9-7-8-10-12-14-16-18-20-22-28(30)32-25(3)4/h24-27H,7-23H2,1-6H3. The molecule has 1 atom stereocenters. The lowest BCUT2D eigenvalue weighted by atomic mass is 9.87. The van der Waals surface area contributed by atoms with Crippen LogP contribution >= 0.6 is 0 Å². The summed E-state index contributed by atoms with van der Waals surface area (Å²) in [6.07, 6.45) is 20.3. The molecule has 0 radical (unpaired) electrons. The molecule has 0 aromatic heterocycles. The first kappa shape index (κ1) is 31.9. The Labute approximate surface area is 206 Å². The van der Waals surface area contributed by atoms with Gasteiger partial charge in [0.2, 0.25) is 0 Å². The van der Waals surface area contributed by atoms with Crippen molar-refractivity contribution in [2.75, 3.05) is 0 Å². The lowest BCUT2D eigenvalue weighted by Crippen LogP contribution is -2.19. The van der Waals surface area contributed by atoms with Crippen molar-refractivity contribution >= 4 is 11.9 Å². The van der Waals surface area contributed by atoms with Crippen LogP contribution in [0.25, 0.3) is 0 Å². The van der Waals surface area contributed by atoms with Gasteiger partial charge in [0.05, 0.1) is 12.2 Å². The molecule has 0 spiro atoms. The van der Waals surface area contributed by atoms with Gasteiger partial charge in [-0.3, -0.25) is 9.59 Å². The average molecular weight is 469 g/mol. The highest BCUT2D eigenvalue weighted by molar-refractivity contribution is 5.70. The Kier molecular flexibility index (Phi) is 20.8. The van der Waals surface area contributed by atoms with Gasteiger partial charge in [-0.15, -0.1) is 0 Å². The summed E-state index contributed by atoms with van der Waals surface area (Å²) in [5, 5.41) is 0. The predicted octanol–water partition coefficient (Wildman–Crippen LogP) is 8.79. The van der Waals surface area contributed by atoms with Gasteiger partial charge in [-0.2, -0.15) is 0 Å². The summed E-state index contributed by atoms with van der Waals surface area (Å²) in [6.45, 7) is 12.1. The third kappa shape index (κ3) is 22.5. The number of esters is 2. The molecule has 0 heterocycles. The zero-order valence-electron chi connectivity index (χ0n) is 23.0. The van der Waals surface area contributed by atoms with Gasteiger partial charge >= 0.3 is 11.9 Å². The van der Waals surface area contributed by atoms with E-state index in [4.69, 9.17) is 9.47 Å². The molecule has 196 valence electrons. The van der Waals surface area contributed by atoms with Gasteiger partial charge in [0, 0.05) is 12.8 Å². The van der Waals surface area contributed by atoms with E-state index in [0.29, 0.717) is 24.7 Å². The van der Waals surface area contributed by atoms with Gasteiger partial charge in [-0.05, 0) is 52.4 Å². The molecule has 0 aliphatic rings. The number of rotatable bonds is 22.